The van der Waals surface area contributed by atoms with Crippen LogP contribution in [0.25, 0.3) is 0 Å². The first-order valence-electron chi connectivity index (χ1n) is 5.38. The van der Waals surface area contributed by atoms with Gasteiger partial charge in [-0.25, -0.2) is 0 Å². The smallest absolute Gasteiger partial charge is 0.0931 e. The first-order chi connectivity index (χ1) is 8.15. The summed E-state index contributed by atoms with van der Waals surface area (Å²) in [4.78, 5) is 1.25. The lowest BCUT2D eigenvalue weighted by molar-refractivity contribution is 0.583. The van der Waals surface area contributed by atoms with E-state index < -0.39 is 0 Å². The zero-order valence-electron chi connectivity index (χ0n) is 9.41. The molecule has 1 heterocycles. The molecule has 2 aromatic rings. The lowest BCUT2D eigenvalue weighted by atomic mass is 10.2. The number of hydrogen-bond acceptors (Lipinski definition) is 2. The van der Waals surface area contributed by atoms with Crippen LogP contribution >= 0.6 is 34.5 Å². The zero-order chi connectivity index (χ0) is 12.3. The Kier molecular flexibility index (Phi) is 4.46. The predicted octanol–water partition coefficient (Wildman–Crippen LogP) is 4.91. The van der Waals surface area contributed by atoms with Gasteiger partial charge in [0, 0.05) is 22.5 Å². The summed E-state index contributed by atoms with van der Waals surface area (Å²) in [6, 6.07) is 12.2. The van der Waals surface area contributed by atoms with E-state index in [0.29, 0.717) is 6.04 Å². The molecule has 0 saturated heterocycles. The van der Waals surface area contributed by atoms with Crippen LogP contribution in [0.3, 0.4) is 0 Å². The number of thiophene rings is 1. The van der Waals surface area contributed by atoms with Crippen LogP contribution in [-0.2, 0) is 6.54 Å². The highest BCUT2D eigenvalue weighted by atomic mass is 35.5. The molecule has 90 valence electrons. The van der Waals surface area contributed by atoms with Crippen molar-refractivity contribution in [3.05, 3.63) is 56.2 Å². The van der Waals surface area contributed by atoms with E-state index in [4.69, 9.17) is 23.2 Å². The molecule has 1 aromatic carbocycles. The summed E-state index contributed by atoms with van der Waals surface area (Å²) in [5.41, 5.74) is 1.23. The SMILES string of the molecule is CC(NCc1ccc(Cl)cc1)c1ccc(Cl)s1. The fraction of sp³-hybridized carbons (Fsp3) is 0.231. The highest BCUT2D eigenvalue weighted by Gasteiger charge is 2.07. The van der Waals surface area contributed by atoms with Gasteiger partial charge in [0.1, 0.15) is 0 Å². The monoisotopic (exact) mass is 285 g/mol. The van der Waals surface area contributed by atoms with Gasteiger partial charge in [0.05, 0.1) is 4.34 Å². The van der Waals surface area contributed by atoms with Crippen LogP contribution in [0.4, 0.5) is 0 Å². The first-order valence-corrected chi connectivity index (χ1v) is 6.95. The summed E-state index contributed by atoms with van der Waals surface area (Å²) < 4.78 is 0.833. The van der Waals surface area contributed by atoms with Crippen molar-refractivity contribution in [1.29, 1.82) is 0 Å². The van der Waals surface area contributed by atoms with Gasteiger partial charge < -0.3 is 5.32 Å². The molecule has 1 nitrogen and oxygen atoms in total. The maximum Gasteiger partial charge on any atom is 0.0931 e. The maximum atomic E-state index is 5.92. The minimum Gasteiger partial charge on any atom is -0.305 e. The predicted molar refractivity (Wildman–Crippen MR) is 76.0 cm³/mol. The van der Waals surface area contributed by atoms with Crippen molar-refractivity contribution < 1.29 is 0 Å². The molecule has 0 aliphatic heterocycles. The molecule has 0 fully saturated rings. The largest absolute Gasteiger partial charge is 0.305 e. The molecule has 1 aromatic heterocycles. The molecular weight excluding hydrogens is 273 g/mol. The van der Waals surface area contributed by atoms with Crippen LogP contribution in [0.1, 0.15) is 23.4 Å². The Balaban J connectivity index is 1.92. The highest BCUT2D eigenvalue weighted by Crippen LogP contribution is 2.26. The van der Waals surface area contributed by atoms with Crippen molar-refractivity contribution in [3.63, 3.8) is 0 Å². The lowest BCUT2D eigenvalue weighted by Crippen LogP contribution is -2.16. The molecule has 0 aliphatic carbocycles. The average molecular weight is 286 g/mol. The Hall–Kier alpha value is -0.540. The molecule has 2 rings (SSSR count). The Labute approximate surface area is 115 Å². The van der Waals surface area contributed by atoms with Gasteiger partial charge in [-0.3, -0.25) is 0 Å². The second-order valence-electron chi connectivity index (χ2n) is 3.87. The third-order valence-corrected chi connectivity index (χ3v) is 4.21. The van der Waals surface area contributed by atoms with E-state index in [1.54, 1.807) is 11.3 Å². The minimum absolute atomic E-state index is 0.308. The second-order valence-corrected chi connectivity index (χ2v) is 6.05. The molecule has 1 N–H and O–H groups in total. The summed E-state index contributed by atoms with van der Waals surface area (Å²) in [7, 11) is 0. The molecular formula is C13H13Cl2NS. The van der Waals surface area contributed by atoms with Crippen LogP contribution < -0.4 is 5.32 Å². The number of rotatable bonds is 4. The molecule has 0 bridgehead atoms. The van der Waals surface area contributed by atoms with Crippen molar-refractivity contribution in [1.82, 2.24) is 5.32 Å². The number of nitrogens with one attached hydrogen (secondary N) is 1. The van der Waals surface area contributed by atoms with Crippen molar-refractivity contribution in [3.8, 4) is 0 Å². The molecule has 0 saturated carbocycles. The molecule has 1 unspecified atom stereocenters. The van der Waals surface area contributed by atoms with Gasteiger partial charge in [0.25, 0.3) is 0 Å². The van der Waals surface area contributed by atoms with Crippen molar-refractivity contribution in [2.24, 2.45) is 0 Å². The van der Waals surface area contributed by atoms with Gasteiger partial charge in [0.2, 0.25) is 0 Å². The van der Waals surface area contributed by atoms with Crippen molar-refractivity contribution >= 4 is 34.5 Å². The number of hydrogen-bond donors (Lipinski definition) is 1. The summed E-state index contributed by atoms with van der Waals surface area (Å²) in [6.07, 6.45) is 0. The highest BCUT2D eigenvalue weighted by molar-refractivity contribution is 7.16. The Morgan fingerprint density at radius 1 is 1.12 bits per heavy atom. The van der Waals surface area contributed by atoms with Gasteiger partial charge in [-0.1, -0.05) is 35.3 Å². The molecule has 0 spiro atoms. The summed E-state index contributed by atoms with van der Waals surface area (Å²) >= 11 is 13.4. The van der Waals surface area contributed by atoms with Gasteiger partial charge in [-0.2, -0.15) is 0 Å². The van der Waals surface area contributed by atoms with Crippen molar-refractivity contribution in [2.75, 3.05) is 0 Å². The summed E-state index contributed by atoms with van der Waals surface area (Å²) in [5.74, 6) is 0. The standard InChI is InChI=1S/C13H13Cl2NS/c1-9(12-6-7-13(15)17-12)16-8-10-2-4-11(14)5-3-10/h2-7,9,16H,8H2,1H3. The maximum absolute atomic E-state index is 5.92. The van der Waals surface area contributed by atoms with E-state index in [2.05, 4.69) is 18.3 Å². The zero-order valence-corrected chi connectivity index (χ0v) is 11.7. The molecule has 0 radical (unpaired) electrons. The molecule has 0 aliphatic rings. The van der Waals surface area contributed by atoms with Crippen LogP contribution in [-0.4, -0.2) is 0 Å². The normalized spacial score (nSPS) is 12.6. The first kappa shape index (κ1) is 12.9. The Morgan fingerprint density at radius 2 is 1.82 bits per heavy atom. The third-order valence-electron chi connectivity index (χ3n) is 2.55. The van der Waals surface area contributed by atoms with Gasteiger partial charge >= 0.3 is 0 Å². The van der Waals surface area contributed by atoms with Gasteiger partial charge in [0.15, 0.2) is 0 Å². The van der Waals surface area contributed by atoms with E-state index in [0.717, 1.165) is 15.9 Å². The van der Waals surface area contributed by atoms with E-state index in [9.17, 15) is 0 Å². The van der Waals surface area contributed by atoms with Crippen LogP contribution in [0.15, 0.2) is 36.4 Å². The van der Waals surface area contributed by atoms with E-state index >= 15 is 0 Å². The van der Waals surface area contributed by atoms with E-state index in [1.807, 2.05) is 30.3 Å². The quantitative estimate of drug-likeness (QED) is 0.842. The third kappa shape index (κ3) is 3.71. The second kappa shape index (κ2) is 5.87. The molecule has 4 heteroatoms. The number of halogens is 2. The van der Waals surface area contributed by atoms with Gasteiger partial charge in [-0.05, 0) is 36.8 Å². The Morgan fingerprint density at radius 3 is 2.41 bits per heavy atom. The summed E-state index contributed by atoms with van der Waals surface area (Å²) in [6.45, 7) is 2.96. The topological polar surface area (TPSA) is 12.0 Å². The summed E-state index contributed by atoms with van der Waals surface area (Å²) in [5, 5.41) is 4.23. The minimum atomic E-state index is 0.308. The fourth-order valence-corrected chi connectivity index (χ4v) is 2.75. The average Bonchev–Trinajstić information content (AvgIpc) is 2.75. The van der Waals surface area contributed by atoms with Crippen molar-refractivity contribution in [2.45, 2.75) is 19.5 Å². The molecule has 0 amide bonds. The van der Waals surface area contributed by atoms with Crippen LogP contribution in [0.2, 0.25) is 9.36 Å². The number of benzene rings is 1. The fourth-order valence-electron chi connectivity index (χ4n) is 1.53. The lowest BCUT2D eigenvalue weighted by Gasteiger charge is -2.12. The molecule has 1 atom stereocenters. The van der Waals surface area contributed by atoms with Crippen LogP contribution in [0.5, 0.6) is 0 Å². The molecule has 17 heavy (non-hydrogen) atoms. The van der Waals surface area contributed by atoms with Crippen LogP contribution in [0, 0.1) is 0 Å². The van der Waals surface area contributed by atoms with E-state index in [-0.39, 0.29) is 0 Å². The Bertz CT molecular complexity index is 478. The van der Waals surface area contributed by atoms with Gasteiger partial charge in [-0.15, -0.1) is 11.3 Å². The van der Waals surface area contributed by atoms with E-state index in [1.165, 1.54) is 10.4 Å².